The lowest BCUT2D eigenvalue weighted by molar-refractivity contribution is -0.384. The van der Waals surface area contributed by atoms with E-state index in [0.717, 1.165) is 5.56 Å². The molecule has 1 saturated heterocycles. The van der Waals surface area contributed by atoms with Crippen LogP contribution in [0.1, 0.15) is 12.5 Å². The monoisotopic (exact) mass is 278 g/mol. The van der Waals surface area contributed by atoms with E-state index in [1.54, 1.807) is 12.1 Å². The van der Waals surface area contributed by atoms with E-state index in [0.29, 0.717) is 18.8 Å². The summed E-state index contributed by atoms with van der Waals surface area (Å²) < 4.78 is 4.79. The van der Waals surface area contributed by atoms with Gasteiger partial charge in [0.25, 0.3) is 5.69 Å². The predicted octanol–water partition coefficient (Wildman–Crippen LogP) is 2.15. The van der Waals surface area contributed by atoms with Crippen LogP contribution in [-0.4, -0.2) is 31.1 Å². The molecule has 1 aliphatic rings. The molecule has 0 radical (unpaired) electrons. The van der Waals surface area contributed by atoms with Gasteiger partial charge in [0.2, 0.25) is 0 Å². The zero-order valence-corrected chi connectivity index (χ0v) is 11.8. The van der Waals surface area contributed by atoms with Crippen molar-refractivity contribution in [2.75, 3.05) is 25.1 Å². The van der Waals surface area contributed by atoms with Gasteiger partial charge in [-0.1, -0.05) is 13.0 Å². The quantitative estimate of drug-likeness (QED) is 0.481. The van der Waals surface area contributed by atoms with Crippen LogP contribution in [0.15, 0.2) is 18.2 Å². The Morgan fingerprint density at radius 2 is 2.15 bits per heavy atom. The van der Waals surface area contributed by atoms with Crippen molar-refractivity contribution in [2.24, 2.45) is 11.8 Å². The third kappa shape index (κ3) is 2.59. The molecule has 1 heterocycles. The third-order valence-electron chi connectivity index (χ3n) is 3.78. The average molecular weight is 278 g/mol. The smallest absolute Gasteiger partial charge is 0.310 e. The highest BCUT2D eigenvalue weighted by atomic mass is 16.6. The van der Waals surface area contributed by atoms with Gasteiger partial charge in [-0.2, -0.15) is 0 Å². The van der Waals surface area contributed by atoms with Crippen molar-refractivity contribution in [3.05, 3.63) is 33.9 Å². The first kappa shape index (κ1) is 14.3. The van der Waals surface area contributed by atoms with Crippen molar-refractivity contribution < 1.29 is 14.5 Å². The summed E-state index contributed by atoms with van der Waals surface area (Å²) in [7, 11) is 1.37. The van der Waals surface area contributed by atoms with Gasteiger partial charge in [-0.05, 0) is 24.5 Å². The molecule has 108 valence electrons. The number of anilines is 1. The third-order valence-corrected chi connectivity index (χ3v) is 3.78. The first-order chi connectivity index (χ1) is 9.43. The highest BCUT2D eigenvalue weighted by molar-refractivity contribution is 5.75. The molecule has 0 bridgehead atoms. The van der Waals surface area contributed by atoms with Crippen LogP contribution in [-0.2, 0) is 9.53 Å². The summed E-state index contributed by atoms with van der Waals surface area (Å²) in [5.74, 6) is -0.376. The molecule has 20 heavy (non-hydrogen) atoms. The molecule has 2 unspecified atom stereocenters. The van der Waals surface area contributed by atoms with Crippen LogP contribution in [0, 0.1) is 28.9 Å². The number of rotatable bonds is 3. The standard InChI is InChI=1S/C14H18N2O4/c1-9-4-5-12(13(6-9)16(18)19)15-7-10(2)11(8-15)14(17)20-3/h4-6,10-11H,7-8H2,1-3H3. The molecule has 0 aromatic heterocycles. The zero-order valence-electron chi connectivity index (χ0n) is 11.8. The maximum Gasteiger partial charge on any atom is 0.310 e. The van der Waals surface area contributed by atoms with Gasteiger partial charge in [0, 0.05) is 19.2 Å². The van der Waals surface area contributed by atoms with Crippen LogP contribution in [0.3, 0.4) is 0 Å². The molecule has 0 saturated carbocycles. The Morgan fingerprint density at radius 1 is 1.45 bits per heavy atom. The molecule has 2 atom stereocenters. The number of nitro benzene ring substituents is 1. The summed E-state index contributed by atoms with van der Waals surface area (Å²) in [6, 6.07) is 5.16. The number of carbonyl (C=O) groups is 1. The number of nitrogens with zero attached hydrogens (tertiary/aromatic N) is 2. The molecule has 0 amide bonds. The molecule has 1 fully saturated rings. The Balaban J connectivity index is 2.30. The summed E-state index contributed by atoms with van der Waals surface area (Å²) in [5, 5.41) is 11.2. The Labute approximate surface area is 117 Å². The zero-order chi connectivity index (χ0) is 14.9. The van der Waals surface area contributed by atoms with E-state index >= 15 is 0 Å². The van der Waals surface area contributed by atoms with E-state index in [2.05, 4.69) is 0 Å². The highest BCUT2D eigenvalue weighted by Gasteiger charge is 2.37. The Kier molecular flexibility index (Phi) is 3.92. The fraction of sp³-hybridized carbons (Fsp3) is 0.500. The van der Waals surface area contributed by atoms with Gasteiger partial charge in [-0.15, -0.1) is 0 Å². The molecule has 0 spiro atoms. The predicted molar refractivity (Wildman–Crippen MR) is 74.7 cm³/mol. The maximum absolute atomic E-state index is 11.7. The number of ether oxygens (including phenoxy) is 1. The molecule has 0 aliphatic carbocycles. The van der Waals surface area contributed by atoms with E-state index in [-0.39, 0.29) is 28.4 Å². The Hall–Kier alpha value is -2.11. The van der Waals surface area contributed by atoms with Crippen molar-refractivity contribution in [3.8, 4) is 0 Å². The lowest BCUT2D eigenvalue weighted by Gasteiger charge is -2.18. The molecule has 2 rings (SSSR count). The summed E-state index contributed by atoms with van der Waals surface area (Å²) in [6.45, 7) is 4.85. The normalized spacial score (nSPS) is 21.9. The van der Waals surface area contributed by atoms with E-state index in [1.165, 1.54) is 7.11 Å². The van der Waals surface area contributed by atoms with E-state index < -0.39 is 0 Å². The molecule has 6 heteroatoms. The van der Waals surface area contributed by atoms with Crippen LogP contribution in [0.4, 0.5) is 11.4 Å². The van der Waals surface area contributed by atoms with Crippen LogP contribution >= 0.6 is 0 Å². The molecule has 1 aromatic rings. The van der Waals surface area contributed by atoms with Crippen molar-refractivity contribution in [2.45, 2.75) is 13.8 Å². The average Bonchev–Trinajstić information content (AvgIpc) is 2.79. The SMILES string of the molecule is COC(=O)C1CN(c2ccc(C)cc2[N+](=O)[O-])CC1C. The van der Waals surface area contributed by atoms with Gasteiger partial charge >= 0.3 is 5.97 Å². The lowest BCUT2D eigenvalue weighted by Crippen LogP contribution is -2.24. The van der Waals surface area contributed by atoms with Gasteiger partial charge in [-0.25, -0.2) is 0 Å². The minimum Gasteiger partial charge on any atom is -0.469 e. The number of nitro groups is 1. The number of hydrogen-bond acceptors (Lipinski definition) is 5. The maximum atomic E-state index is 11.7. The van der Waals surface area contributed by atoms with Gasteiger partial charge in [0.15, 0.2) is 0 Å². The first-order valence-electron chi connectivity index (χ1n) is 6.52. The molecule has 6 nitrogen and oxygen atoms in total. The Morgan fingerprint density at radius 3 is 2.75 bits per heavy atom. The van der Waals surface area contributed by atoms with Crippen molar-refractivity contribution >= 4 is 17.3 Å². The van der Waals surface area contributed by atoms with Gasteiger partial charge in [0.1, 0.15) is 5.69 Å². The second-order valence-electron chi connectivity index (χ2n) is 5.26. The fourth-order valence-electron chi connectivity index (χ4n) is 2.67. The van der Waals surface area contributed by atoms with E-state index in [9.17, 15) is 14.9 Å². The molecule has 1 aliphatic heterocycles. The summed E-state index contributed by atoms with van der Waals surface area (Å²) in [6.07, 6.45) is 0. The second kappa shape index (κ2) is 5.48. The number of methoxy groups -OCH3 is 1. The largest absolute Gasteiger partial charge is 0.469 e. The second-order valence-corrected chi connectivity index (χ2v) is 5.26. The van der Waals surface area contributed by atoms with Crippen molar-refractivity contribution in [1.82, 2.24) is 0 Å². The topological polar surface area (TPSA) is 72.7 Å². The van der Waals surface area contributed by atoms with Crippen molar-refractivity contribution in [3.63, 3.8) is 0 Å². The number of carbonyl (C=O) groups excluding carboxylic acids is 1. The number of hydrogen-bond donors (Lipinski definition) is 0. The fourth-order valence-corrected chi connectivity index (χ4v) is 2.67. The van der Waals surface area contributed by atoms with Crippen LogP contribution in [0.5, 0.6) is 0 Å². The molecular weight excluding hydrogens is 260 g/mol. The summed E-state index contributed by atoms with van der Waals surface area (Å²) in [4.78, 5) is 24.4. The van der Waals surface area contributed by atoms with Gasteiger partial charge in [-0.3, -0.25) is 14.9 Å². The number of esters is 1. The van der Waals surface area contributed by atoms with E-state index in [1.807, 2.05) is 24.8 Å². The van der Waals surface area contributed by atoms with E-state index in [4.69, 9.17) is 4.74 Å². The van der Waals surface area contributed by atoms with Crippen molar-refractivity contribution in [1.29, 1.82) is 0 Å². The molecular formula is C14H18N2O4. The minimum atomic E-state index is -0.377. The summed E-state index contributed by atoms with van der Waals surface area (Å²) in [5.41, 5.74) is 1.50. The number of aryl methyl sites for hydroxylation is 1. The lowest BCUT2D eigenvalue weighted by atomic mass is 9.99. The summed E-state index contributed by atoms with van der Waals surface area (Å²) >= 11 is 0. The minimum absolute atomic E-state index is 0.0858. The van der Waals surface area contributed by atoms with Crippen LogP contribution in [0.25, 0.3) is 0 Å². The molecule has 1 aromatic carbocycles. The van der Waals surface area contributed by atoms with Gasteiger partial charge < -0.3 is 9.64 Å². The highest BCUT2D eigenvalue weighted by Crippen LogP contribution is 2.35. The number of benzene rings is 1. The molecule has 0 N–H and O–H groups in total. The Bertz CT molecular complexity index is 544. The van der Waals surface area contributed by atoms with Gasteiger partial charge in [0.05, 0.1) is 18.0 Å². The first-order valence-corrected chi connectivity index (χ1v) is 6.52. The van der Waals surface area contributed by atoms with Crippen LogP contribution in [0.2, 0.25) is 0 Å². The van der Waals surface area contributed by atoms with Crippen LogP contribution < -0.4 is 4.90 Å².